The molecule has 0 saturated carbocycles. The average molecular weight is 346 g/mol. The van der Waals surface area contributed by atoms with E-state index in [-0.39, 0.29) is 5.92 Å². The Morgan fingerprint density at radius 3 is 2.52 bits per heavy atom. The molecule has 0 aromatic heterocycles. The third-order valence-electron chi connectivity index (χ3n) is 4.18. The molecule has 1 heterocycles. The molecular weight excluding hydrogens is 310 g/mol. The quantitative estimate of drug-likeness (QED) is 0.363. The van der Waals surface area contributed by atoms with E-state index in [0.717, 1.165) is 37.8 Å². The van der Waals surface area contributed by atoms with Crippen LogP contribution in [0.15, 0.2) is 4.99 Å². The summed E-state index contributed by atoms with van der Waals surface area (Å²) in [5.41, 5.74) is 0. The molecule has 0 aromatic carbocycles. The van der Waals surface area contributed by atoms with Gasteiger partial charge in [-0.1, -0.05) is 39.5 Å². The molecule has 1 atom stereocenters. The van der Waals surface area contributed by atoms with E-state index < -0.39 is 9.84 Å². The van der Waals surface area contributed by atoms with Gasteiger partial charge in [-0.25, -0.2) is 8.42 Å². The molecule has 136 valence electrons. The number of guanidine groups is 1. The summed E-state index contributed by atoms with van der Waals surface area (Å²) in [6.45, 7) is 8.94. The monoisotopic (exact) mass is 345 g/mol. The molecule has 1 rings (SSSR count). The smallest absolute Gasteiger partial charge is 0.191 e. The van der Waals surface area contributed by atoms with E-state index in [1.54, 1.807) is 0 Å². The molecule has 1 fully saturated rings. The first-order chi connectivity index (χ1) is 10.9. The number of nitrogens with one attached hydrogen (secondary N) is 2. The fraction of sp³-hybridized carbons (Fsp3) is 0.941. The number of sulfone groups is 1. The molecule has 0 amide bonds. The van der Waals surface area contributed by atoms with Crippen LogP contribution >= 0.6 is 0 Å². The molecule has 6 heteroatoms. The van der Waals surface area contributed by atoms with Gasteiger partial charge in [-0.15, -0.1) is 0 Å². The molecule has 5 nitrogen and oxygen atoms in total. The summed E-state index contributed by atoms with van der Waals surface area (Å²) in [6, 6.07) is 0. The zero-order valence-corrected chi connectivity index (χ0v) is 15.9. The predicted octanol–water partition coefficient (Wildman–Crippen LogP) is 2.58. The van der Waals surface area contributed by atoms with Crippen LogP contribution in [-0.2, 0) is 9.84 Å². The lowest BCUT2D eigenvalue weighted by molar-refractivity contribution is 0.518. The zero-order valence-electron chi connectivity index (χ0n) is 15.1. The van der Waals surface area contributed by atoms with E-state index in [9.17, 15) is 8.42 Å². The van der Waals surface area contributed by atoms with E-state index in [0.29, 0.717) is 18.1 Å². The Bertz CT molecular complexity index is 447. The van der Waals surface area contributed by atoms with E-state index in [1.165, 1.54) is 25.7 Å². The van der Waals surface area contributed by atoms with Crippen molar-refractivity contribution in [3.05, 3.63) is 0 Å². The van der Waals surface area contributed by atoms with Crippen LogP contribution in [0.25, 0.3) is 0 Å². The summed E-state index contributed by atoms with van der Waals surface area (Å²) in [5.74, 6) is 2.43. The molecule has 0 spiro atoms. The molecule has 1 aliphatic rings. The van der Waals surface area contributed by atoms with Crippen LogP contribution < -0.4 is 10.6 Å². The number of hydrogen-bond donors (Lipinski definition) is 2. The minimum Gasteiger partial charge on any atom is -0.357 e. The molecule has 0 aliphatic carbocycles. The van der Waals surface area contributed by atoms with E-state index in [1.807, 2.05) is 6.92 Å². The topological polar surface area (TPSA) is 70.6 Å². The van der Waals surface area contributed by atoms with Crippen molar-refractivity contribution in [2.24, 2.45) is 16.8 Å². The van der Waals surface area contributed by atoms with Crippen LogP contribution in [0, 0.1) is 11.8 Å². The normalized spacial score (nSPS) is 20.9. The molecule has 2 N–H and O–H groups in total. The molecular formula is C17H35N3O2S. The highest BCUT2D eigenvalue weighted by atomic mass is 32.2. The van der Waals surface area contributed by atoms with Gasteiger partial charge in [0.2, 0.25) is 0 Å². The maximum Gasteiger partial charge on any atom is 0.191 e. The summed E-state index contributed by atoms with van der Waals surface area (Å²) in [6.07, 6.45) is 7.10. The van der Waals surface area contributed by atoms with Gasteiger partial charge in [0.1, 0.15) is 0 Å². The van der Waals surface area contributed by atoms with Crippen molar-refractivity contribution >= 4 is 15.8 Å². The molecule has 23 heavy (non-hydrogen) atoms. The predicted molar refractivity (Wildman–Crippen MR) is 98.7 cm³/mol. The van der Waals surface area contributed by atoms with Crippen molar-refractivity contribution in [3.8, 4) is 0 Å². The fourth-order valence-electron chi connectivity index (χ4n) is 2.82. The Hall–Kier alpha value is -0.780. The summed E-state index contributed by atoms with van der Waals surface area (Å²) in [7, 11) is -2.80. The SMILES string of the molecule is CCNC(=NCC1CCS(=O)(=O)C1)NCCCCCCC(C)C. The number of nitrogens with zero attached hydrogens (tertiary/aromatic N) is 1. The molecule has 1 aliphatic heterocycles. The Morgan fingerprint density at radius 1 is 1.17 bits per heavy atom. The third-order valence-corrected chi connectivity index (χ3v) is 6.02. The standard InChI is InChI=1S/C17H35N3O2S/c1-4-18-17(19-11-8-6-5-7-9-15(2)3)20-13-16-10-12-23(21,22)14-16/h15-16H,4-14H2,1-3H3,(H2,18,19,20). The van der Waals surface area contributed by atoms with Gasteiger partial charge in [-0.05, 0) is 31.6 Å². The Kier molecular flexibility index (Phi) is 9.60. The van der Waals surface area contributed by atoms with Crippen LogP contribution in [0.5, 0.6) is 0 Å². The van der Waals surface area contributed by atoms with E-state index in [2.05, 4.69) is 29.5 Å². The highest BCUT2D eigenvalue weighted by molar-refractivity contribution is 7.91. The maximum absolute atomic E-state index is 11.5. The molecule has 0 radical (unpaired) electrons. The first-order valence-electron chi connectivity index (χ1n) is 9.15. The van der Waals surface area contributed by atoms with Crippen LogP contribution in [0.2, 0.25) is 0 Å². The van der Waals surface area contributed by atoms with Crippen molar-refractivity contribution in [1.82, 2.24) is 10.6 Å². The number of aliphatic imine (C=N–C) groups is 1. The second-order valence-corrected chi connectivity index (χ2v) is 9.24. The second kappa shape index (κ2) is 10.9. The molecule has 1 unspecified atom stereocenters. The number of hydrogen-bond acceptors (Lipinski definition) is 3. The number of rotatable bonds is 10. The molecule has 0 bridgehead atoms. The van der Waals surface area contributed by atoms with Crippen LogP contribution in [-0.4, -0.2) is 45.5 Å². The molecule has 1 saturated heterocycles. The lowest BCUT2D eigenvalue weighted by Gasteiger charge is -2.12. The third kappa shape index (κ3) is 9.84. The van der Waals surface area contributed by atoms with Gasteiger partial charge < -0.3 is 10.6 Å². The van der Waals surface area contributed by atoms with Crippen molar-refractivity contribution < 1.29 is 8.42 Å². The first kappa shape index (κ1) is 20.3. The summed E-state index contributed by atoms with van der Waals surface area (Å²) >= 11 is 0. The number of unbranched alkanes of at least 4 members (excludes halogenated alkanes) is 3. The van der Waals surface area contributed by atoms with Crippen molar-refractivity contribution in [1.29, 1.82) is 0 Å². The largest absolute Gasteiger partial charge is 0.357 e. The van der Waals surface area contributed by atoms with Gasteiger partial charge in [-0.3, -0.25) is 4.99 Å². The maximum atomic E-state index is 11.5. The van der Waals surface area contributed by atoms with Crippen molar-refractivity contribution in [2.75, 3.05) is 31.1 Å². The average Bonchev–Trinajstić information content (AvgIpc) is 2.82. The minimum atomic E-state index is -2.80. The van der Waals surface area contributed by atoms with Gasteiger partial charge in [0, 0.05) is 19.6 Å². The van der Waals surface area contributed by atoms with Crippen molar-refractivity contribution in [2.45, 2.75) is 59.3 Å². The van der Waals surface area contributed by atoms with E-state index in [4.69, 9.17) is 0 Å². The van der Waals surface area contributed by atoms with Gasteiger partial charge in [0.05, 0.1) is 11.5 Å². The van der Waals surface area contributed by atoms with Crippen molar-refractivity contribution in [3.63, 3.8) is 0 Å². The van der Waals surface area contributed by atoms with Gasteiger partial charge in [0.15, 0.2) is 15.8 Å². The lowest BCUT2D eigenvalue weighted by atomic mass is 10.0. The van der Waals surface area contributed by atoms with Gasteiger partial charge >= 0.3 is 0 Å². The lowest BCUT2D eigenvalue weighted by Crippen LogP contribution is -2.38. The first-order valence-corrected chi connectivity index (χ1v) is 11.0. The van der Waals surface area contributed by atoms with Gasteiger partial charge in [-0.2, -0.15) is 0 Å². The Labute approximate surface area is 142 Å². The molecule has 0 aromatic rings. The summed E-state index contributed by atoms with van der Waals surface area (Å²) in [5, 5.41) is 6.59. The highest BCUT2D eigenvalue weighted by Gasteiger charge is 2.27. The van der Waals surface area contributed by atoms with Gasteiger partial charge in [0.25, 0.3) is 0 Å². The van der Waals surface area contributed by atoms with E-state index >= 15 is 0 Å². The van der Waals surface area contributed by atoms with Crippen LogP contribution in [0.3, 0.4) is 0 Å². The van der Waals surface area contributed by atoms with Crippen LogP contribution in [0.1, 0.15) is 59.3 Å². The highest BCUT2D eigenvalue weighted by Crippen LogP contribution is 2.18. The Morgan fingerprint density at radius 2 is 1.91 bits per heavy atom. The summed E-state index contributed by atoms with van der Waals surface area (Å²) < 4.78 is 22.9. The zero-order chi connectivity index (χ0) is 17.1. The summed E-state index contributed by atoms with van der Waals surface area (Å²) in [4.78, 5) is 4.55. The fourth-order valence-corrected chi connectivity index (χ4v) is 4.67. The van der Waals surface area contributed by atoms with Crippen LogP contribution in [0.4, 0.5) is 0 Å². The Balaban J connectivity index is 2.20. The second-order valence-electron chi connectivity index (χ2n) is 7.01. The minimum absolute atomic E-state index is 0.187.